The van der Waals surface area contributed by atoms with Gasteiger partial charge in [0, 0.05) is 0 Å². The minimum Gasteiger partial charge on any atom is -0.495 e. The number of rotatable bonds is 5. The Bertz CT molecular complexity index is 835. The summed E-state index contributed by atoms with van der Waals surface area (Å²) in [4.78, 5) is 27.8. The first-order valence-electron chi connectivity index (χ1n) is 6.93. The molecular weight excluding hydrogens is 314 g/mol. The van der Waals surface area contributed by atoms with Crippen molar-refractivity contribution in [1.82, 2.24) is 19.9 Å². The number of aromatic nitrogens is 4. The van der Waals surface area contributed by atoms with Crippen LogP contribution in [0.15, 0.2) is 41.9 Å². The maximum Gasteiger partial charge on any atom is 0.237 e. The van der Waals surface area contributed by atoms with Crippen molar-refractivity contribution in [3.8, 4) is 5.75 Å². The van der Waals surface area contributed by atoms with E-state index < -0.39 is 0 Å². The van der Waals surface area contributed by atoms with Gasteiger partial charge in [0.2, 0.25) is 5.91 Å². The Hall–Kier alpha value is -2.61. The van der Waals surface area contributed by atoms with Gasteiger partial charge in [0.05, 0.1) is 24.4 Å². The van der Waals surface area contributed by atoms with Gasteiger partial charge in [-0.25, -0.2) is 15.0 Å². The number of anilines is 1. The number of fused-ring (bicyclic) bond motifs is 1. The Kier molecular flexibility index (Phi) is 4.42. The molecule has 1 aromatic carbocycles. The number of nitrogens with one attached hydrogen (secondary N) is 2. The number of hydrogen-bond acceptors (Lipinski definition) is 6. The molecular formula is C15H15N5O2S. The van der Waals surface area contributed by atoms with Crippen LogP contribution >= 0.6 is 11.8 Å². The monoisotopic (exact) mass is 329 g/mol. The van der Waals surface area contributed by atoms with Gasteiger partial charge in [-0.2, -0.15) is 0 Å². The lowest BCUT2D eigenvalue weighted by atomic mass is 10.3. The van der Waals surface area contributed by atoms with Crippen LogP contribution in [0.4, 0.5) is 5.69 Å². The third-order valence-electron chi connectivity index (χ3n) is 3.21. The number of carbonyl (C=O) groups excluding carboxylic acids is 1. The number of H-pyrrole nitrogens is 1. The Morgan fingerprint density at radius 2 is 2.13 bits per heavy atom. The number of nitrogens with zero attached hydrogens (tertiary/aromatic N) is 3. The van der Waals surface area contributed by atoms with E-state index in [0.29, 0.717) is 22.1 Å². The predicted molar refractivity (Wildman–Crippen MR) is 88.6 cm³/mol. The van der Waals surface area contributed by atoms with E-state index in [0.717, 1.165) is 5.52 Å². The fourth-order valence-electron chi connectivity index (χ4n) is 2.04. The molecule has 3 aromatic rings. The Labute approximate surface area is 136 Å². The standard InChI is InChI=1S/C15H15N5O2S/c1-9(14(21)20-10-5-3-4-6-11(10)22-2)23-15-12-13(17-7-16-12)18-8-19-15/h3-9H,1-2H3,(H,20,21)(H,16,17,18,19)/t9-/m1/s1. The molecule has 0 saturated heterocycles. The van der Waals surface area contributed by atoms with Gasteiger partial charge in [0.15, 0.2) is 5.65 Å². The van der Waals surface area contributed by atoms with Gasteiger partial charge in [0.25, 0.3) is 0 Å². The highest BCUT2D eigenvalue weighted by atomic mass is 32.2. The quantitative estimate of drug-likeness (QED) is 0.552. The molecule has 0 unspecified atom stereocenters. The number of methoxy groups -OCH3 is 1. The van der Waals surface area contributed by atoms with Crippen molar-refractivity contribution < 1.29 is 9.53 Å². The van der Waals surface area contributed by atoms with Gasteiger partial charge < -0.3 is 15.0 Å². The number of hydrogen-bond donors (Lipinski definition) is 2. The van der Waals surface area contributed by atoms with Crippen molar-refractivity contribution in [2.45, 2.75) is 17.2 Å². The average Bonchev–Trinajstić information content (AvgIpc) is 3.05. The van der Waals surface area contributed by atoms with Gasteiger partial charge in [0.1, 0.15) is 22.6 Å². The highest BCUT2D eigenvalue weighted by Gasteiger charge is 2.18. The van der Waals surface area contributed by atoms with Gasteiger partial charge in [-0.05, 0) is 19.1 Å². The van der Waals surface area contributed by atoms with Crippen LogP contribution in [-0.4, -0.2) is 38.2 Å². The van der Waals surface area contributed by atoms with Gasteiger partial charge in [-0.3, -0.25) is 4.79 Å². The molecule has 0 spiro atoms. The topological polar surface area (TPSA) is 92.8 Å². The van der Waals surface area contributed by atoms with Crippen molar-refractivity contribution in [1.29, 1.82) is 0 Å². The zero-order chi connectivity index (χ0) is 16.2. The van der Waals surface area contributed by atoms with Crippen molar-refractivity contribution in [2.24, 2.45) is 0 Å². The maximum absolute atomic E-state index is 12.4. The molecule has 2 N–H and O–H groups in total. The molecule has 0 fully saturated rings. The van der Waals surface area contributed by atoms with Crippen LogP contribution in [0.1, 0.15) is 6.92 Å². The second kappa shape index (κ2) is 6.66. The molecule has 8 heteroatoms. The van der Waals surface area contributed by atoms with Crippen LogP contribution in [0.3, 0.4) is 0 Å². The van der Waals surface area contributed by atoms with E-state index >= 15 is 0 Å². The van der Waals surface area contributed by atoms with Gasteiger partial charge in [-0.15, -0.1) is 0 Å². The summed E-state index contributed by atoms with van der Waals surface area (Å²) in [6.45, 7) is 1.82. The lowest BCUT2D eigenvalue weighted by molar-refractivity contribution is -0.115. The van der Waals surface area contributed by atoms with Crippen LogP contribution in [0.25, 0.3) is 11.2 Å². The smallest absolute Gasteiger partial charge is 0.237 e. The Morgan fingerprint density at radius 3 is 2.96 bits per heavy atom. The largest absolute Gasteiger partial charge is 0.495 e. The number of para-hydroxylation sites is 2. The van der Waals surface area contributed by atoms with Gasteiger partial charge >= 0.3 is 0 Å². The average molecular weight is 329 g/mol. The van der Waals surface area contributed by atoms with E-state index in [1.165, 1.54) is 18.1 Å². The number of imidazole rings is 1. The minimum absolute atomic E-state index is 0.134. The molecule has 3 rings (SSSR count). The lowest BCUT2D eigenvalue weighted by Gasteiger charge is -2.13. The maximum atomic E-state index is 12.4. The molecule has 1 atom stereocenters. The van der Waals surface area contributed by atoms with Crippen molar-refractivity contribution in [3.63, 3.8) is 0 Å². The van der Waals surface area contributed by atoms with E-state index in [2.05, 4.69) is 25.3 Å². The summed E-state index contributed by atoms with van der Waals surface area (Å²) in [5.41, 5.74) is 1.95. The number of ether oxygens (including phenoxy) is 1. The molecule has 0 aliphatic rings. The molecule has 7 nitrogen and oxygen atoms in total. The SMILES string of the molecule is COc1ccccc1NC(=O)[C@@H](C)Sc1ncnc2nc[nH]c12. The highest BCUT2D eigenvalue weighted by molar-refractivity contribution is 8.00. The molecule has 118 valence electrons. The summed E-state index contributed by atoms with van der Waals surface area (Å²) in [5, 5.41) is 3.21. The van der Waals surface area contributed by atoms with Crippen LogP contribution < -0.4 is 10.1 Å². The molecule has 0 aliphatic heterocycles. The molecule has 23 heavy (non-hydrogen) atoms. The van der Waals surface area contributed by atoms with E-state index in [-0.39, 0.29) is 11.2 Å². The Balaban J connectivity index is 1.74. The number of aromatic amines is 1. The molecule has 0 bridgehead atoms. The molecule has 2 aromatic heterocycles. The zero-order valence-corrected chi connectivity index (χ0v) is 13.4. The van der Waals surface area contributed by atoms with E-state index in [1.807, 2.05) is 19.1 Å². The molecule has 2 heterocycles. The third-order valence-corrected chi connectivity index (χ3v) is 4.31. The second-order valence-corrected chi connectivity index (χ2v) is 6.06. The molecule has 0 radical (unpaired) electrons. The first kappa shape index (κ1) is 15.3. The number of carbonyl (C=O) groups is 1. The number of benzene rings is 1. The third kappa shape index (κ3) is 3.26. The Morgan fingerprint density at radius 1 is 1.30 bits per heavy atom. The fraction of sp³-hybridized carbons (Fsp3) is 0.200. The summed E-state index contributed by atoms with van der Waals surface area (Å²) in [7, 11) is 1.57. The van der Waals surface area contributed by atoms with E-state index in [9.17, 15) is 4.79 Å². The fourth-order valence-corrected chi connectivity index (χ4v) is 2.91. The predicted octanol–water partition coefficient (Wildman–Crippen LogP) is 2.48. The van der Waals surface area contributed by atoms with Gasteiger partial charge in [-0.1, -0.05) is 23.9 Å². The first-order valence-corrected chi connectivity index (χ1v) is 7.81. The second-order valence-electron chi connectivity index (χ2n) is 4.73. The number of amides is 1. The highest BCUT2D eigenvalue weighted by Crippen LogP contribution is 2.28. The summed E-state index contributed by atoms with van der Waals surface area (Å²) in [6.07, 6.45) is 3.00. The van der Waals surface area contributed by atoms with Crippen LogP contribution in [0.2, 0.25) is 0 Å². The molecule has 0 saturated carbocycles. The summed E-state index contributed by atoms with van der Waals surface area (Å²) in [6, 6.07) is 7.29. The van der Waals surface area contributed by atoms with Crippen molar-refractivity contribution >= 4 is 34.5 Å². The van der Waals surface area contributed by atoms with Crippen LogP contribution in [0, 0.1) is 0 Å². The van der Waals surface area contributed by atoms with Crippen LogP contribution in [0.5, 0.6) is 5.75 Å². The lowest BCUT2D eigenvalue weighted by Crippen LogP contribution is -2.22. The zero-order valence-electron chi connectivity index (χ0n) is 12.6. The van der Waals surface area contributed by atoms with Crippen LogP contribution in [-0.2, 0) is 4.79 Å². The summed E-state index contributed by atoms with van der Waals surface area (Å²) < 4.78 is 5.24. The van der Waals surface area contributed by atoms with E-state index in [1.54, 1.807) is 25.6 Å². The molecule has 0 aliphatic carbocycles. The summed E-state index contributed by atoms with van der Waals surface area (Å²) >= 11 is 1.34. The normalized spacial score (nSPS) is 12.1. The number of thioether (sulfide) groups is 1. The van der Waals surface area contributed by atoms with Crippen molar-refractivity contribution in [2.75, 3.05) is 12.4 Å². The molecule has 1 amide bonds. The van der Waals surface area contributed by atoms with E-state index in [4.69, 9.17) is 4.74 Å². The first-order chi connectivity index (χ1) is 11.2. The van der Waals surface area contributed by atoms with Crippen molar-refractivity contribution in [3.05, 3.63) is 36.9 Å². The summed E-state index contributed by atoms with van der Waals surface area (Å²) in [5.74, 6) is 0.488. The minimum atomic E-state index is -0.346.